The van der Waals surface area contributed by atoms with Gasteiger partial charge in [-0.2, -0.15) is 4.98 Å². The minimum absolute atomic E-state index is 0.0944. The number of rotatable bonds is 6. The van der Waals surface area contributed by atoms with Crippen LogP contribution in [0, 0.1) is 0 Å². The summed E-state index contributed by atoms with van der Waals surface area (Å²) in [5.41, 5.74) is 1.43. The van der Waals surface area contributed by atoms with Crippen molar-refractivity contribution in [2.75, 3.05) is 13.7 Å². The molecule has 0 aliphatic heterocycles. The van der Waals surface area contributed by atoms with Crippen molar-refractivity contribution in [3.05, 3.63) is 71.1 Å². The first-order chi connectivity index (χ1) is 12.8. The molecule has 0 N–H and O–H groups in total. The van der Waals surface area contributed by atoms with E-state index >= 15 is 0 Å². The van der Waals surface area contributed by atoms with E-state index in [-0.39, 0.29) is 12.1 Å². The number of benzene rings is 1. The van der Waals surface area contributed by atoms with Crippen LogP contribution >= 0.6 is 0 Å². The summed E-state index contributed by atoms with van der Waals surface area (Å²) in [4.78, 5) is 17.3. The highest BCUT2D eigenvalue weighted by Crippen LogP contribution is 2.16. The van der Waals surface area contributed by atoms with Gasteiger partial charge in [0.1, 0.15) is 12.1 Å². The molecule has 3 heterocycles. The molecular formula is C19H18N4O3. The van der Waals surface area contributed by atoms with Crippen LogP contribution in [0.15, 0.2) is 64.2 Å². The Morgan fingerprint density at radius 2 is 1.85 bits per heavy atom. The van der Waals surface area contributed by atoms with Gasteiger partial charge in [0.15, 0.2) is 0 Å². The average molecular weight is 350 g/mol. The summed E-state index contributed by atoms with van der Waals surface area (Å²) in [5, 5.41) is 4.90. The van der Waals surface area contributed by atoms with Gasteiger partial charge < -0.3 is 18.4 Å². The van der Waals surface area contributed by atoms with Gasteiger partial charge in [-0.3, -0.25) is 4.79 Å². The smallest absolute Gasteiger partial charge is 0.275 e. The highest BCUT2D eigenvalue weighted by Gasteiger charge is 2.12. The van der Waals surface area contributed by atoms with Crippen molar-refractivity contribution in [3.8, 4) is 11.4 Å². The Labute approximate surface area is 149 Å². The van der Waals surface area contributed by atoms with E-state index < -0.39 is 0 Å². The molecule has 4 rings (SSSR count). The molecule has 7 heteroatoms. The normalized spacial score (nSPS) is 11.3. The maximum absolute atomic E-state index is 12.9. The number of fused-ring (bicyclic) bond motifs is 1. The summed E-state index contributed by atoms with van der Waals surface area (Å²) < 4.78 is 13.9. The molecule has 0 spiro atoms. The second kappa shape index (κ2) is 6.97. The molecule has 0 saturated carbocycles. The lowest BCUT2D eigenvalue weighted by Gasteiger charge is -2.06. The maximum Gasteiger partial charge on any atom is 0.275 e. The van der Waals surface area contributed by atoms with Crippen LogP contribution in [0.1, 0.15) is 5.89 Å². The largest absolute Gasteiger partial charge is 0.383 e. The number of aromatic nitrogens is 4. The third-order valence-corrected chi connectivity index (χ3v) is 4.23. The first-order valence-electron chi connectivity index (χ1n) is 8.31. The zero-order chi connectivity index (χ0) is 17.9. The van der Waals surface area contributed by atoms with Gasteiger partial charge in [0.25, 0.3) is 5.56 Å². The first kappa shape index (κ1) is 16.3. The molecule has 0 radical (unpaired) electrons. The van der Waals surface area contributed by atoms with Gasteiger partial charge in [0.2, 0.25) is 11.7 Å². The summed E-state index contributed by atoms with van der Waals surface area (Å²) in [6.07, 6.45) is 3.65. The molecule has 0 bridgehead atoms. The molecule has 0 atom stereocenters. The predicted octanol–water partition coefficient (Wildman–Crippen LogP) is 2.55. The lowest BCUT2D eigenvalue weighted by Crippen LogP contribution is -2.22. The molecule has 0 fully saturated rings. The quantitative estimate of drug-likeness (QED) is 0.534. The van der Waals surface area contributed by atoms with Crippen molar-refractivity contribution in [3.63, 3.8) is 0 Å². The Balaban J connectivity index is 1.64. The van der Waals surface area contributed by atoms with Crippen LogP contribution < -0.4 is 5.56 Å². The lowest BCUT2D eigenvalue weighted by atomic mass is 10.2. The Hall–Kier alpha value is -3.19. The average Bonchev–Trinajstić information content (AvgIpc) is 3.30. The lowest BCUT2D eigenvalue weighted by molar-refractivity contribution is 0.188. The third kappa shape index (κ3) is 3.04. The molecule has 0 amide bonds. The van der Waals surface area contributed by atoms with Crippen molar-refractivity contribution in [1.29, 1.82) is 0 Å². The van der Waals surface area contributed by atoms with E-state index in [1.807, 2.05) is 53.2 Å². The molecule has 0 unspecified atom stereocenters. The molecule has 3 aromatic heterocycles. The zero-order valence-electron chi connectivity index (χ0n) is 14.3. The Morgan fingerprint density at radius 1 is 1.08 bits per heavy atom. The molecule has 1 aromatic carbocycles. The second-order valence-corrected chi connectivity index (χ2v) is 5.93. The Kier molecular flexibility index (Phi) is 4.37. The maximum atomic E-state index is 12.9. The monoisotopic (exact) mass is 350 g/mol. The van der Waals surface area contributed by atoms with Crippen LogP contribution in [0.4, 0.5) is 0 Å². The third-order valence-electron chi connectivity index (χ3n) is 4.23. The Morgan fingerprint density at radius 3 is 2.62 bits per heavy atom. The second-order valence-electron chi connectivity index (χ2n) is 5.93. The summed E-state index contributed by atoms with van der Waals surface area (Å²) in [6, 6.07) is 13.4. The standard InChI is InChI=1S/C19H18N4O3/c1-25-12-11-22-9-7-14-8-10-23(19(24)17(14)22)13-16-20-18(21-26-16)15-5-3-2-4-6-15/h2-10H,11-13H2,1H3. The van der Waals surface area contributed by atoms with Gasteiger partial charge in [0.05, 0.1) is 6.61 Å². The molecule has 0 saturated heterocycles. The Bertz CT molecular complexity index is 1080. The van der Waals surface area contributed by atoms with Gasteiger partial charge in [-0.05, 0) is 12.1 Å². The van der Waals surface area contributed by atoms with Crippen molar-refractivity contribution < 1.29 is 9.26 Å². The zero-order valence-corrected chi connectivity index (χ0v) is 14.3. The van der Waals surface area contributed by atoms with E-state index in [4.69, 9.17) is 9.26 Å². The first-order valence-corrected chi connectivity index (χ1v) is 8.31. The summed E-state index contributed by atoms with van der Waals surface area (Å²) in [5.74, 6) is 0.901. The topological polar surface area (TPSA) is 75.1 Å². The highest BCUT2D eigenvalue weighted by atomic mass is 16.5. The van der Waals surface area contributed by atoms with Gasteiger partial charge in [-0.25, -0.2) is 0 Å². The molecule has 132 valence electrons. The fourth-order valence-electron chi connectivity index (χ4n) is 2.91. The minimum Gasteiger partial charge on any atom is -0.383 e. The number of hydrogen-bond donors (Lipinski definition) is 0. The van der Waals surface area contributed by atoms with Crippen molar-refractivity contribution in [1.82, 2.24) is 19.3 Å². The van der Waals surface area contributed by atoms with E-state index in [1.165, 1.54) is 0 Å². The van der Waals surface area contributed by atoms with E-state index in [0.717, 1.165) is 10.9 Å². The predicted molar refractivity (Wildman–Crippen MR) is 96.9 cm³/mol. The summed E-state index contributed by atoms with van der Waals surface area (Å²) in [6.45, 7) is 1.39. The molecule has 0 aliphatic carbocycles. The van der Waals surface area contributed by atoms with Gasteiger partial charge in [0, 0.05) is 37.0 Å². The molecule has 4 aromatic rings. The van der Waals surface area contributed by atoms with Crippen LogP contribution in [-0.2, 0) is 17.8 Å². The molecule has 26 heavy (non-hydrogen) atoms. The van der Waals surface area contributed by atoms with Crippen LogP contribution in [0.5, 0.6) is 0 Å². The van der Waals surface area contributed by atoms with Gasteiger partial charge >= 0.3 is 0 Å². The van der Waals surface area contributed by atoms with Crippen LogP contribution in [0.2, 0.25) is 0 Å². The molecular weight excluding hydrogens is 332 g/mol. The molecule has 7 nitrogen and oxygen atoms in total. The summed E-state index contributed by atoms with van der Waals surface area (Å²) in [7, 11) is 1.64. The van der Waals surface area contributed by atoms with Crippen LogP contribution in [0.25, 0.3) is 22.3 Å². The van der Waals surface area contributed by atoms with Crippen molar-refractivity contribution >= 4 is 10.9 Å². The van der Waals surface area contributed by atoms with E-state index in [9.17, 15) is 4.79 Å². The number of nitrogens with zero attached hydrogens (tertiary/aromatic N) is 4. The SMILES string of the molecule is COCCn1ccc2ccn(Cc3nc(-c4ccccc4)no3)c(=O)c21. The minimum atomic E-state index is -0.0944. The van der Waals surface area contributed by atoms with Gasteiger partial charge in [-0.1, -0.05) is 35.5 Å². The highest BCUT2D eigenvalue weighted by molar-refractivity contribution is 5.78. The van der Waals surface area contributed by atoms with E-state index in [2.05, 4.69) is 10.1 Å². The number of ether oxygens (including phenoxy) is 1. The number of methoxy groups -OCH3 is 1. The number of hydrogen-bond acceptors (Lipinski definition) is 5. The van der Waals surface area contributed by atoms with Gasteiger partial charge in [-0.15, -0.1) is 0 Å². The van der Waals surface area contributed by atoms with E-state index in [1.54, 1.807) is 17.9 Å². The van der Waals surface area contributed by atoms with Crippen LogP contribution in [0.3, 0.4) is 0 Å². The fourth-order valence-corrected chi connectivity index (χ4v) is 2.91. The summed E-state index contributed by atoms with van der Waals surface area (Å²) >= 11 is 0. The van der Waals surface area contributed by atoms with Crippen molar-refractivity contribution in [2.24, 2.45) is 0 Å². The number of pyridine rings is 1. The fraction of sp³-hybridized carbons (Fsp3) is 0.211. The van der Waals surface area contributed by atoms with Crippen molar-refractivity contribution in [2.45, 2.75) is 13.1 Å². The van der Waals surface area contributed by atoms with Crippen LogP contribution in [-0.4, -0.2) is 33.0 Å². The van der Waals surface area contributed by atoms with E-state index in [0.29, 0.717) is 30.4 Å². The molecule has 0 aliphatic rings.